The summed E-state index contributed by atoms with van der Waals surface area (Å²) < 4.78 is 5.03. The summed E-state index contributed by atoms with van der Waals surface area (Å²) in [5, 5.41) is 0. The van der Waals surface area contributed by atoms with Crippen molar-refractivity contribution in [1.82, 2.24) is 0 Å². The molecule has 9 heavy (non-hydrogen) atoms. The summed E-state index contributed by atoms with van der Waals surface area (Å²) in [5.74, 6) is 0. The maximum Gasteiger partial charge on any atom is 0.169 e. The van der Waals surface area contributed by atoms with E-state index in [1.807, 2.05) is 0 Å². The molecular weight excluding hydrogens is 114 g/mol. The monoisotopic (exact) mass is 127 g/mol. The fraction of sp³-hybridized carbons (Fsp3) is 0.857. The van der Waals surface area contributed by atoms with Gasteiger partial charge in [0.05, 0.1) is 12.6 Å². The maximum absolute atomic E-state index is 5.03. The van der Waals surface area contributed by atoms with Gasteiger partial charge in [0.15, 0.2) is 6.40 Å². The van der Waals surface area contributed by atoms with Crippen LogP contribution in [0.4, 0.5) is 0 Å². The lowest BCUT2D eigenvalue weighted by Crippen LogP contribution is -2.00. The number of hydrogen-bond acceptors (Lipinski definition) is 2. The van der Waals surface area contributed by atoms with Gasteiger partial charge >= 0.3 is 0 Å². The molecule has 0 bridgehead atoms. The predicted octanol–water partition coefficient (Wildman–Crippen LogP) is 1.60. The number of aliphatic imine (C=N–C) groups is 1. The van der Waals surface area contributed by atoms with Gasteiger partial charge in [0, 0.05) is 0 Å². The van der Waals surface area contributed by atoms with Crippen LogP contribution in [0.2, 0.25) is 0 Å². The maximum atomic E-state index is 5.03. The van der Waals surface area contributed by atoms with E-state index in [0.29, 0.717) is 6.04 Å². The lowest BCUT2D eigenvalue weighted by atomic mass is 10.1. The standard InChI is InChI=1S/C7H13NO/c1-2-7-4-3-5-9-6-8-7/h6-7H,2-5H2,1H3. The highest BCUT2D eigenvalue weighted by molar-refractivity contribution is 5.46. The Morgan fingerprint density at radius 1 is 1.78 bits per heavy atom. The van der Waals surface area contributed by atoms with Crippen LogP contribution >= 0.6 is 0 Å². The predicted molar refractivity (Wildman–Crippen MR) is 37.8 cm³/mol. The fourth-order valence-electron chi connectivity index (χ4n) is 0.968. The van der Waals surface area contributed by atoms with Crippen molar-refractivity contribution in [2.45, 2.75) is 32.2 Å². The third kappa shape index (κ3) is 2.04. The molecular formula is C7H13NO. The van der Waals surface area contributed by atoms with E-state index in [0.717, 1.165) is 19.4 Å². The van der Waals surface area contributed by atoms with Crippen molar-refractivity contribution >= 4 is 6.40 Å². The second kappa shape index (κ2) is 3.49. The Kier molecular flexibility index (Phi) is 2.55. The van der Waals surface area contributed by atoms with Crippen LogP contribution in [-0.2, 0) is 4.74 Å². The van der Waals surface area contributed by atoms with Crippen molar-refractivity contribution in [3.05, 3.63) is 0 Å². The first-order valence-corrected chi connectivity index (χ1v) is 3.56. The number of rotatable bonds is 1. The summed E-state index contributed by atoms with van der Waals surface area (Å²) in [6, 6.07) is 0.521. The van der Waals surface area contributed by atoms with E-state index >= 15 is 0 Å². The highest BCUT2D eigenvalue weighted by atomic mass is 16.5. The van der Waals surface area contributed by atoms with Crippen LogP contribution in [-0.4, -0.2) is 19.0 Å². The largest absolute Gasteiger partial charge is 0.483 e. The van der Waals surface area contributed by atoms with E-state index in [2.05, 4.69) is 11.9 Å². The second-order valence-electron chi connectivity index (χ2n) is 2.33. The summed E-state index contributed by atoms with van der Waals surface area (Å²) >= 11 is 0. The highest BCUT2D eigenvalue weighted by Gasteiger charge is 2.04. The summed E-state index contributed by atoms with van der Waals surface area (Å²) in [5.41, 5.74) is 0. The molecule has 1 aliphatic heterocycles. The van der Waals surface area contributed by atoms with Crippen molar-refractivity contribution in [3.8, 4) is 0 Å². The van der Waals surface area contributed by atoms with Crippen molar-refractivity contribution in [2.24, 2.45) is 4.99 Å². The van der Waals surface area contributed by atoms with Crippen molar-refractivity contribution in [3.63, 3.8) is 0 Å². The van der Waals surface area contributed by atoms with Gasteiger partial charge in [0.25, 0.3) is 0 Å². The second-order valence-corrected chi connectivity index (χ2v) is 2.33. The van der Waals surface area contributed by atoms with E-state index in [1.165, 1.54) is 6.42 Å². The molecule has 52 valence electrons. The van der Waals surface area contributed by atoms with Gasteiger partial charge in [-0.2, -0.15) is 0 Å². The van der Waals surface area contributed by atoms with Crippen molar-refractivity contribution in [1.29, 1.82) is 0 Å². The van der Waals surface area contributed by atoms with Crippen molar-refractivity contribution in [2.75, 3.05) is 6.61 Å². The van der Waals surface area contributed by atoms with E-state index in [1.54, 1.807) is 6.40 Å². The van der Waals surface area contributed by atoms with E-state index in [-0.39, 0.29) is 0 Å². The van der Waals surface area contributed by atoms with Gasteiger partial charge in [-0.1, -0.05) is 6.92 Å². The Bertz CT molecular complexity index is 101. The van der Waals surface area contributed by atoms with Gasteiger partial charge in [-0.05, 0) is 19.3 Å². The third-order valence-corrected chi connectivity index (χ3v) is 1.62. The Morgan fingerprint density at radius 3 is 3.44 bits per heavy atom. The number of hydrogen-bond donors (Lipinski definition) is 0. The summed E-state index contributed by atoms with van der Waals surface area (Å²) in [6.45, 7) is 3.01. The average molecular weight is 127 g/mol. The van der Waals surface area contributed by atoms with Gasteiger partial charge in [0.2, 0.25) is 0 Å². The van der Waals surface area contributed by atoms with Crippen LogP contribution < -0.4 is 0 Å². The summed E-state index contributed by atoms with van der Waals surface area (Å²) in [4.78, 5) is 4.19. The first kappa shape index (κ1) is 6.59. The average Bonchev–Trinajstić information content (AvgIpc) is 2.13. The lowest BCUT2D eigenvalue weighted by Gasteiger charge is -2.02. The van der Waals surface area contributed by atoms with Gasteiger partial charge in [-0.3, -0.25) is 4.99 Å². The van der Waals surface area contributed by atoms with Crippen LogP contribution in [0.25, 0.3) is 0 Å². The summed E-state index contributed by atoms with van der Waals surface area (Å²) in [7, 11) is 0. The minimum atomic E-state index is 0.521. The smallest absolute Gasteiger partial charge is 0.169 e. The van der Waals surface area contributed by atoms with Gasteiger partial charge in [0.1, 0.15) is 0 Å². The molecule has 0 aromatic carbocycles. The molecule has 1 atom stereocenters. The van der Waals surface area contributed by atoms with Gasteiger partial charge in [-0.25, -0.2) is 0 Å². The number of nitrogens with zero attached hydrogens (tertiary/aromatic N) is 1. The van der Waals surface area contributed by atoms with Gasteiger partial charge in [-0.15, -0.1) is 0 Å². The Hall–Kier alpha value is -0.530. The summed E-state index contributed by atoms with van der Waals surface area (Å²) in [6.07, 6.45) is 5.08. The first-order chi connectivity index (χ1) is 4.43. The zero-order valence-electron chi connectivity index (χ0n) is 5.84. The molecule has 2 nitrogen and oxygen atoms in total. The van der Waals surface area contributed by atoms with E-state index in [9.17, 15) is 0 Å². The SMILES string of the molecule is CCC1CCCOC=N1. The molecule has 0 saturated carbocycles. The molecule has 0 aromatic heterocycles. The zero-order chi connectivity index (χ0) is 6.53. The molecule has 0 N–H and O–H groups in total. The highest BCUT2D eigenvalue weighted by Crippen LogP contribution is 2.08. The molecule has 0 aromatic rings. The van der Waals surface area contributed by atoms with Crippen LogP contribution in [0.15, 0.2) is 4.99 Å². The molecule has 1 aliphatic rings. The number of ether oxygens (including phenoxy) is 1. The lowest BCUT2D eigenvalue weighted by molar-refractivity contribution is 0.317. The van der Waals surface area contributed by atoms with Crippen LogP contribution in [0.1, 0.15) is 26.2 Å². The molecule has 1 rings (SSSR count). The molecule has 2 heteroatoms. The quantitative estimate of drug-likeness (QED) is 0.524. The molecule has 0 aliphatic carbocycles. The first-order valence-electron chi connectivity index (χ1n) is 3.56. The molecule has 1 heterocycles. The van der Waals surface area contributed by atoms with Gasteiger partial charge < -0.3 is 4.74 Å². The minimum Gasteiger partial charge on any atom is -0.483 e. The molecule has 0 spiro atoms. The fourth-order valence-corrected chi connectivity index (χ4v) is 0.968. The Labute approximate surface area is 55.9 Å². The molecule has 0 amide bonds. The molecule has 0 radical (unpaired) electrons. The Morgan fingerprint density at radius 2 is 2.67 bits per heavy atom. The minimum absolute atomic E-state index is 0.521. The molecule has 1 unspecified atom stereocenters. The Balaban J connectivity index is 2.33. The van der Waals surface area contributed by atoms with Crippen LogP contribution in [0, 0.1) is 0 Å². The third-order valence-electron chi connectivity index (χ3n) is 1.62. The molecule has 0 saturated heterocycles. The van der Waals surface area contributed by atoms with Crippen LogP contribution in [0.5, 0.6) is 0 Å². The van der Waals surface area contributed by atoms with E-state index in [4.69, 9.17) is 4.74 Å². The zero-order valence-corrected chi connectivity index (χ0v) is 5.84. The topological polar surface area (TPSA) is 21.6 Å². The van der Waals surface area contributed by atoms with Crippen molar-refractivity contribution < 1.29 is 4.74 Å². The normalized spacial score (nSPS) is 27.0. The molecule has 0 fully saturated rings. The van der Waals surface area contributed by atoms with E-state index < -0.39 is 0 Å². The van der Waals surface area contributed by atoms with Crippen LogP contribution in [0.3, 0.4) is 0 Å².